The van der Waals surface area contributed by atoms with Crippen LogP contribution >= 0.6 is 0 Å². The van der Waals surface area contributed by atoms with Gasteiger partial charge in [-0.05, 0) is 6.42 Å². The van der Waals surface area contributed by atoms with Crippen LogP contribution < -0.4 is 10.9 Å². The molecular weight excluding hydrogens is 196 g/mol. The van der Waals surface area contributed by atoms with Gasteiger partial charge in [0.15, 0.2) is 0 Å². The monoisotopic (exact) mass is 210 g/mol. The van der Waals surface area contributed by atoms with Gasteiger partial charge in [0.25, 0.3) is 5.91 Å². The molecule has 6 heteroatoms. The van der Waals surface area contributed by atoms with Crippen molar-refractivity contribution in [3.63, 3.8) is 0 Å². The number of methoxy groups -OCH3 is 1. The van der Waals surface area contributed by atoms with Gasteiger partial charge in [-0.25, -0.2) is 15.4 Å². The van der Waals surface area contributed by atoms with Crippen molar-refractivity contribution < 1.29 is 9.53 Å². The fraction of sp³-hybridized carbons (Fsp3) is 0.444. The Morgan fingerprint density at radius 2 is 2.20 bits per heavy atom. The topological polar surface area (TPSA) is 76.1 Å². The smallest absolute Gasteiger partial charge is 0.268 e. The van der Waals surface area contributed by atoms with E-state index in [0.29, 0.717) is 18.7 Å². The predicted octanol–water partition coefficient (Wildman–Crippen LogP) is -0.252. The molecule has 15 heavy (non-hydrogen) atoms. The number of ether oxygens (including phenoxy) is 1. The average molecular weight is 210 g/mol. The van der Waals surface area contributed by atoms with Crippen LogP contribution in [-0.2, 0) is 4.74 Å². The molecule has 0 aliphatic carbocycles. The molecular formula is C9H14N4O2. The molecule has 0 bridgehead atoms. The van der Waals surface area contributed by atoms with Crippen LogP contribution in [0, 0.1) is 0 Å². The molecule has 82 valence electrons. The van der Waals surface area contributed by atoms with Gasteiger partial charge in [0.1, 0.15) is 6.33 Å². The Morgan fingerprint density at radius 1 is 1.47 bits per heavy atom. The molecule has 0 fully saturated rings. The number of rotatable bonds is 6. The van der Waals surface area contributed by atoms with E-state index in [-0.39, 0.29) is 5.91 Å². The first kappa shape index (κ1) is 11.5. The SMILES string of the molecule is COCCCNNC(=O)c1cncnc1. The lowest BCUT2D eigenvalue weighted by Crippen LogP contribution is -2.38. The molecule has 1 aromatic heterocycles. The van der Waals surface area contributed by atoms with E-state index in [4.69, 9.17) is 4.74 Å². The van der Waals surface area contributed by atoms with E-state index in [1.807, 2.05) is 0 Å². The number of hydrazine groups is 1. The van der Waals surface area contributed by atoms with E-state index < -0.39 is 0 Å². The number of amides is 1. The number of nitrogens with zero attached hydrogens (tertiary/aromatic N) is 2. The number of aromatic nitrogens is 2. The highest BCUT2D eigenvalue weighted by molar-refractivity contribution is 5.93. The fourth-order valence-corrected chi connectivity index (χ4v) is 0.936. The van der Waals surface area contributed by atoms with Crippen molar-refractivity contribution in [1.29, 1.82) is 0 Å². The maximum absolute atomic E-state index is 11.4. The molecule has 1 amide bonds. The van der Waals surface area contributed by atoms with Gasteiger partial charge in [-0.3, -0.25) is 10.2 Å². The van der Waals surface area contributed by atoms with Crippen molar-refractivity contribution >= 4 is 5.91 Å². The molecule has 0 aliphatic heterocycles. The molecule has 0 saturated heterocycles. The number of hydrogen-bond acceptors (Lipinski definition) is 5. The normalized spacial score (nSPS) is 9.93. The molecule has 0 saturated carbocycles. The maximum atomic E-state index is 11.4. The molecule has 1 heterocycles. The quantitative estimate of drug-likeness (QED) is 0.500. The van der Waals surface area contributed by atoms with Gasteiger partial charge < -0.3 is 4.74 Å². The maximum Gasteiger partial charge on any atom is 0.268 e. The Morgan fingerprint density at radius 3 is 2.87 bits per heavy atom. The summed E-state index contributed by atoms with van der Waals surface area (Å²) in [5, 5.41) is 0. The summed E-state index contributed by atoms with van der Waals surface area (Å²) in [5.41, 5.74) is 5.74. The van der Waals surface area contributed by atoms with Crippen LogP contribution in [0.5, 0.6) is 0 Å². The zero-order valence-corrected chi connectivity index (χ0v) is 8.56. The highest BCUT2D eigenvalue weighted by atomic mass is 16.5. The third-order valence-electron chi connectivity index (χ3n) is 1.67. The summed E-state index contributed by atoms with van der Waals surface area (Å²) in [5.74, 6) is -0.243. The minimum Gasteiger partial charge on any atom is -0.385 e. The molecule has 0 spiro atoms. The Kier molecular flexibility index (Phi) is 5.28. The zero-order valence-electron chi connectivity index (χ0n) is 8.56. The Bertz CT molecular complexity index is 291. The molecule has 6 nitrogen and oxygen atoms in total. The second-order valence-corrected chi connectivity index (χ2v) is 2.85. The Hall–Kier alpha value is -1.53. The van der Waals surface area contributed by atoms with E-state index in [1.165, 1.54) is 18.7 Å². The van der Waals surface area contributed by atoms with Gasteiger partial charge in [0.2, 0.25) is 0 Å². The van der Waals surface area contributed by atoms with Crippen molar-refractivity contribution in [3.8, 4) is 0 Å². The minimum absolute atomic E-state index is 0.243. The average Bonchev–Trinajstić information content (AvgIpc) is 2.30. The summed E-state index contributed by atoms with van der Waals surface area (Å²) < 4.78 is 4.86. The summed E-state index contributed by atoms with van der Waals surface area (Å²) >= 11 is 0. The molecule has 1 rings (SSSR count). The van der Waals surface area contributed by atoms with Crippen LogP contribution in [0.1, 0.15) is 16.8 Å². The van der Waals surface area contributed by atoms with E-state index in [9.17, 15) is 4.79 Å². The summed E-state index contributed by atoms with van der Waals surface area (Å²) in [7, 11) is 1.64. The van der Waals surface area contributed by atoms with Crippen LogP contribution in [0.15, 0.2) is 18.7 Å². The first-order chi connectivity index (χ1) is 7.34. The van der Waals surface area contributed by atoms with Crippen molar-refractivity contribution in [2.75, 3.05) is 20.3 Å². The van der Waals surface area contributed by atoms with Gasteiger partial charge in [-0.2, -0.15) is 0 Å². The fourth-order valence-electron chi connectivity index (χ4n) is 0.936. The second kappa shape index (κ2) is 6.86. The van der Waals surface area contributed by atoms with Crippen LogP contribution in [0.25, 0.3) is 0 Å². The number of carbonyl (C=O) groups excluding carboxylic acids is 1. The van der Waals surface area contributed by atoms with Crippen LogP contribution in [-0.4, -0.2) is 36.1 Å². The molecule has 1 aromatic rings. The van der Waals surface area contributed by atoms with Gasteiger partial charge in [0, 0.05) is 32.7 Å². The van der Waals surface area contributed by atoms with Crippen LogP contribution in [0.4, 0.5) is 0 Å². The molecule has 0 aromatic carbocycles. The highest BCUT2D eigenvalue weighted by Gasteiger charge is 2.03. The minimum atomic E-state index is -0.243. The summed E-state index contributed by atoms with van der Waals surface area (Å²) in [4.78, 5) is 18.9. The van der Waals surface area contributed by atoms with E-state index in [0.717, 1.165) is 6.42 Å². The number of nitrogens with one attached hydrogen (secondary N) is 2. The summed E-state index contributed by atoms with van der Waals surface area (Å²) in [6, 6.07) is 0. The Labute approximate surface area is 88.0 Å². The van der Waals surface area contributed by atoms with Gasteiger partial charge >= 0.3 is 0 Å². The standard InChI is InChI=1S/C9H14N4O2/c1-15-4-2-3-12-13-9(14)8-5-10-7-11-6-8/h5-7,12H,2-4H2,1H3,(H,13,14). The molecule has 0 unspecified atom stereocenters. The molecule has 2 N–H and O–H groups in total. The third kappa shape index (κ3) is 4.48. The summed E-state index contributed by atoms with van der Waals surface area (Å²) in [6.45, 7) is 1.32. The zero-order chi connectivity index (χ0) is 10.9. The summed E-state index contributed by atoms with van der Waals surface area (Å²) in [6.07, 6.45) is 5.13. The molecule has 0 radical (unpaired) electrons. The molecule has 0 aliphatic rings. The van der Waals surface area contributed by atoms with E-state index in [2.05, 4.69) is 20.8 Å². The first-order valence-electron chi connectivity index (χ1n) is 4.61. The van der Waals surface area contributed by atoms with Crippen molar-refractivity contribution in [3.05, 3.63) is 24.3 Å². The Balaban J connectivity index is 2.20. The molecule has 0 atom stereocenters. The predicted molar refractivity (Wildman–Crippen MR) is 54.0 cm³/mol. The van der Waals surface area contributed by atoms with Crippen LogP contribution in [0.3, 0.4) is 0 Å². The van der Waals surface area contributed by atoms with Crippen LogP contribution in [0.2, 0.25) is 0 Å². The largest absolute Gasteiger partial charge is 0.385 e. The van der Waals surface area contributed by atoms with E-state index >= 15 is 0 Å². The third-order valence-corrected chi connectivity index (χ3v) is 1.67. The number of hydrogen-bond donors (Lipinski definition) is 2. The van der Waals surface area contributed by atoms with Gasteiger partial charge in [-0.1, -0.05) is 0 Å². The van der Waals surface area contributed by atoms with Crippen molar-refractivity contribution in [1.82, 2.24) is 20.8 Å². The number of carbonyl (C=O) groups is 1. The second-order valence-electron chi connectivity index (χ2n) is 2.85. The van der Waals surface area contributed by atoms with Crippen molar-refractivity contribution in [2.45, 2.75) is 6.42 Å². The lowest BCUT2D eigenvalue weighted by molar-refractivity contribution is 0.0930. The lowest BCUT2D eigenvalue weighted by atomic mass is 10.3. The van der Waals surface area contributed by atoms with E-state index in [1.54, 1.807) is 7.11 Å². The highest BCUT2D eigenvalue weighted by Crippen LogP contribution is 1.90. The van der Waals surface area contributed by atoms with Gasteiger partial charge in [-0.15, -0.1) is 0 Å². The lowest BCUT2D eigenvalue weighted by Gasteiger charge is -2.05. The van der Waals surface area contributed by atoms with Gasteiger partial charge in [0.05, 0.1) is 5.56 Å². The van der Waals surface area contributed by atoms with Crippen molar-refractivity contribution in [2.24, 2.45) is 0 Å². The first-order valence-corrected chi connectivity index (χ1v) is 4.61.